The SMILES string of the molecule is Nc1cc(NCCOc2ccccc2)cc([N+](=O)[O-])c1. The van der Waals surface area contributed by atoms with Gasteiger partial charge in [-0.3, -0.25) is 10.1 Å². The van der Waals surface area contributed by atoms with Crippen LogP contribution in [-0.2, 0) is 0 Å². The number of nitrogens with two attached hydrogens (primary N) is 1. The van der Waals surface area contributed by atoms with Gasteiger partial charge in [0.2, 0.25) is 0 Å². The van der Waals surface area contributed by atoms with Crippen molar-refractivity contribution in [2.45, 2.75) is 0 Å². The summed E-state index contributed by atoms with van der Waals surface area (Å²) in [6, 6.07) is 13.8. The summed E-state index contributed by atoms with van der Waals surface area (Å²) >= 11 is 0. The van der Waals surface area contributed by atoms with Crippen molar-refractivity contribution in [1.29, 1.82) is 0 Å². The number of para-hydroxylation sites is 1. The van der Waals surface area contributed by atoms with Crippen molar-refractivity contribution in [2.24, 2.45) is 0 Å². The Hall–Kier alpha value is -2.76. The third-order valence-electron chi connectivity index (χ3n) is 2.59. The molecular formula is C14H15N3O3. The molecule has 0 heterocycles. The van der Waals surface area contributed by atoms with Gasteiger partial charge in [-0.2, -0.15) is 0 Å². The van der Waals surface area contributed by atoms with Gasteiger partial charge in [-0.1, -0.05) is 18.2 Å². The van der Waals surface area contributed by atoms with Crippen LogP contribution in [0.25, 0.3) is 0 Å². The number of nitro groups is 1. The Morgan fingerprint density at radius 1 is 1.20 bits per heavy atom. The van der Waals surface area contributed by atoms with E-state index in [9.17, 15) is 10.1 Å². The molecule has 0 aliphatic heterocycles. The maximum Gasteiger partial charge on any atom is 0.273 e. The third kappa shape index (κ3) is 3.88. The quantitative estimate of drug-likeness (QED) is 0.365. The Balaban J connectivity index is 1.86. The maximum absolute atomic E-state index is 10.7. The van der Waals surface area contributed by atoms with E-state index in [1.54, 1.807) is 6.07 Å². The number of anilines is 2. The van der Waals surface area contributed by atoms with Crippen LogP contribution in [0.5, 0.6) is 5.75 Å². The summed E-state index contributed by atoms with van der Waals surface area (Å²) in [6.07, 6.45) is 0. The lowest BCUT2D eigenvalue weighted by atomic mass is 10.2. The van der Waals surface area contributed by atoms with E-state index in [4.69, 9.17) is 10.5 Å². The zero-order valence-electron chi connectivity index (χ0n) is 10.8. The van der Waals surface area contributed by atoms with Crippen molar-refractivity contribution >= 4 is 17.1 Å². The second kappa shape index (κ2) is 6.42. The van der Waals surface area contributed by atoms with Gasteiger partial charge in [0.1, 0.15) is 12.4 Å². The van der Waals surface area contributed by atoms with Crippen LogP contribution in [-0.4, -0.2) is 18.1 Å². The molecule has 20 heavy (non-hydrogen) atoms. The number of benzene rings is 2. The minimum Gasteiger partial charge on any atom is -0.492 e. The number of non-ortho nitro benzene ring substituents is 1. The summed E-state index contributed by atoms with van der Waals surface area (Å²) in [5.41, 5.74) is 6.54. The van der Waals surface area contributed by atoms with Crippen LogP contribution >= 0.6 is 0 Å². The van der Waals surface area contributed by atoms with Crippen LogP contribution in [0, 0.1) is 10.1 Å². The van der Waals surface area contributed by atoms with Gasteiger partial charge in [0.05, 0.1) is 4.92 Å². The van der Waals surface area contributed by atoms with E-state index in [1.807, 2.05) is 30.3 Å². The second-order valence-corrected chi connectivity index (χ2v) is 4.16. The van der Waals surface area contributed by atoms with Crippen LogP contribution in [0.15, 0.2) is 48.5 Å². The Bertz CT molecular complexity index is 587. The molecule has 2 aromatic rings. The summed E-state index contributed by atoms with van der Waals surface area (Å²) < 4.78 is 5.51. The Morgan fingerprint density at radius 3 is 2.65 bits per heavy atom. The second-order valence-electron chi connectivity index (χ2n) is 4.16. The Labute approximate surface area is 116 Å². The first kappa shape index (κ1) is 13.7. The lowest BCUT2D eigenvalue weighted by Crippen LogP contribution is -2.11. The average molecular weight is 273 g/mol. The number of hydrogen-bond donors (Lipinski definition) is 2. The van der Waals surface area contributed by atoms with E-state index in [0.717, 1.165) is 5.75 Å². The van der Waals surface area contributed by atoms with Gasteiger partial charge >= 0.3 is 0 Å². The van der Waals surface area contributed by atoms with E-state index >= 15 is 0 Å². The highest BCUT2D eigenvalue weighted by molar-refractivity contribution is 5.61. The lowest BCUT2D eigenvalue weighted by Gasteiger charge is -2.09. The topological polar surface area (TPSA) is 90.4 Å². The van der Waals surface area contributed by atoms with E-state index < -0.39 is 4.92 Å². The maximum atomic E-state index is 10.7. The summed E-state index contributed by atoms with van der Waals surface area (Å²) in [4.78, 5) is 10.2. The van der Waals surface area contributed by atoms with E-state index in [-0.39, 0.29) is 5.69 Å². The van der Waals surface area contributed by atoms with Crippen molar-refractivity contribution in [2.75, 3.05) is 24.2 Å². The van der Waals surface area contributed by atoms with Crippen molar-refractivity contribution in [1.82, 2.24) is 0 Å². The van der Waals surface area contributed by atoms with Gasteiger partial charge in [0.15, 0.2) is 0 Å². The van der Waals surface area contributed by atoms with Crippen molar-refractivity contribution < 1.29 is 9.66 Å². The fraction of sp³-hybridized carbons (Fsp3) is 0.143. The van der Waals surface area contributed by atoms with Gasteiger partial charge in [0, 0.05) is 30.1 Å². The molecule has 0 amide bonds. The highest BCUT2D eigenvalue weighted by Gasteiger charge is 2.07. The third-order valence-corrected chi connectivity index (χ3v) is 2.59. The smallest absolute Gasteiger partial charge is 0.273 e. The molecule has 0 saturated heterocycles. The number of nitrogens with one attached hydrogen (secondary N) is 1. The van der Waals surface area contributed by atoms with E-state index in [0.29, 0.717) is 24.5 Å². The van der Waals surface area contributed by atoms with Gasteiger partial charge < -0.3 is 15.8 Å². The van der Waals surface area contributed by atoms with Gasteiger partial charge in [-0.05, 0) is 18.2 Å². The van der Waals surface area contributed by atoms with Gasteiger partial charge in [0.25, 0.3) is 5.69 Å². The zero-order chi connectivity index (χ0) is 14.4. The monoisotopic (exact) mass is 273 g/mol. The highest BCUT2D eigenvalue weighted by atomic mass is 16.6. The molecule has 0 saturated carbocycles. The van der Waals surface area contributed by atoms with Crippen LogP contribution in [0.3, 0.4) is 0 Å². The Morgan fingerprint density at radius 2 is 1.95 bits per heavy atom. The first-order chi connectivity index (χ1) is 9.65. The Kier molecular flexibility index (Phi) is 4.39. The van der Waals surface area contributed by atoms with Gasteiger partial charge in [-0.25, -0.2) is 0 Å². The molecule has 104 valence electrons. The molecule has 6 nitrogen and oxygen atoms in total. The molecule has 0 aromatic heterocycles. The molecule has 2 aromatic carbocycles. The molecular weight excluding hydrogens is 258 g/mol. The highest BCUT2D eigenvalue weighted by Crippen LogP contribution is 2.22. The summed E-state index contributed by atoms with van der Waals surface area (Å²) in [6.45, 7) is 0.974. The molecule has 0 aliphatic rings. The fourth-order valence-corrected chi connectivity index (χ4v) is 1.72. The summed E-state index contributed by atoms with van der Waals surface area (Å²) in [7, 11) is 0. The fourth-order valence-electron chi connectivity index (χ4n) is 1.72. The van der Waals surface area contributed by atoms with Crippen LogP contribution < -0.4 is 15.8 Å². The normalized spacial score (nSPS) is 10.0. The predicted molar refractivity (Wildman–Crippen MR) is 77.9 cm³/mol. The molecule has 0 aliphatic carbocycles. The summed E-state index contributed by atoms with van der Waals surface area (Å²) in [5, 5.41) is 13.8. The zero-order valence-corrected chi connectivity index (χ0v) is 10.8. The standard InChI is InChI=1S/C14H15N3O3/c15-11-8-12(10-13(9-11)17(18)19)16-6-7-20-14-4-2-1-3-5-14/h1-5,8-10,16H,6-7,15H2. The first-order valence-electron chi connectivity index (χ1n) is 6.12. The number of nitrogen functional groups attached to an aromatic ring is 1. The molecule has 0 bridgehead atoms. The molecule has 0 fully saturated rings. The first-order valence-corrected chi connectivity index (χ1v) is 6.12. The van der Waals surface area contributed by atoms with E-state index in [2.05, 4.69) is 5.32 Å². The average Bonchev–Trinajstić information content (AvgIpc) is 2.44. The number of ether oxygens (including phenoxy) is 1. The number of hydrogen-bond acceptors (Lipinski definition) is 5. The number of nitrogens with zero attached hydrogens (tertiary/aromatic N) is 1. The molecule has 2 rings (SSSR count). The van der Waals surface area contributed by atoms with Crippen LogP contribution in [0.4, 0.5) is 17.1 Å². The minimum absolute atomic E-state index is 0.0310. The lowest BCUT2D eigenvalue weighted by molar-refractivity contribution is -0.384. The molecule has 0 spiro atoms. The molecule has 0 radical (unpaired) electrons. The molecule has 0 atom stereocenters. The molecule has 3 N–H and O–H groups in total. The van der Waals surface area contributed by atoms with Crippen molar-refractivity contribution in [3.05, 3.63) is 58.6 Å². The van der Waals surface area contributed by atoms with Crippen LogP contribution in [0.1, 0.15) is 0 Å². The predicted octanol–water partition coefficient (Wildman–Crippen LogP) is 2.67. The summed E-state index contributed by atoms with van der Waals surface area (Å²) in [5.74, 6) is 0.785. The molecule has 0 unspecified atom stereocenters. The minimum atomic E-state index is -0.470. The van der Waals surface area contributed by atoms with Crippen LogP contribution in [0.2, 0.25) is 0 Å². The van der Waals surface area contributed by atoms with Crippen molar-refractivity contribution in [3.8, 4) is 5.75 Å². The largest absolute Gasteiger partial charge is 0.492 e. The molecule has 6 heteroatoms. The number of nitro benzene ring substituents is 1. The van der Waals surface area contributed by atoms with Gasteiger partial charge in [-0.15, -0.1) is 0 Å². The van der Waals surface area contributed by atoms with E-state index in [1.165, 1.54) is 12.1 Å². The number of rotatable bonds is 6. The van der Waals surface area contributed by atoms with Crippen molar-refractivity contribution in [3.63, 3.8) is 0 Å².